The first kappa shape index (κ1) is 11.7. The number of nitrogens with two attached hydrogens (primary N) is 1. The number of hydrogen-bond acceptors (Lipinski definition) is 2. The first-order chi connectivity index (χ1) is 7.13. The molecule has 15 heavy (non-hydrogen) atoms. The summed E-state index contributed by atoms with van der Waals surface area (Å²) in [4.78, 5) is 10.6. The van der Waals surface area contributed by atoms with Crippen molar-refractivity contribution in [2.45, 2.75) is 13.3 Å². The number of ether oxygens (including phenoxy) is 1. The summed E-state index contributed by atoms with van der Waals surface area (Å²) in [6.45, 7) is 2.62. The number of halogens is 1. The Morgan fingerprint density at radius 3 is 2.87 bits per heavy atom. The average molecular weight is 229 g/mol. The van der Waals surface area contributed by atoms with Crippen molar-refractivity contribution in [3.8, 4) is 5.75 Å². The molecule has 0 spiro atoms. The molecule has 5 heteroatoms. The van der Waals surface area contributed by atoms with Crippen LogP contribution in [0.4, 0.5) is 10.5 Å². The Balaban J connectivity index is 2.74. The number of nitrogens with one attached hydrogen (secondary N) is 1. The summed E-state index contributed by atoms with van der Waals surface area (Å²) in [5, 5.41) is 2.88. The highest BCUT2D eigenvalue weighted by molar-refractivity contribution is 6.32. The van der Waals surface area contributed by atoms with Crippen LogP contribution >= 0.6 is 11.6 Å². The minimum Gasteiger partial charge on any atom is -0.492 e. The average Bonchev–Trinajstić information content (AvgIpc) is 2.15. The lowest BCUT2D eigenvalue weighted by Crippen LogP contribution is -2.19. The number of primary amides is 1. The van der Waals surface area contributed by atoms with E-state index in [0.29, 0.717) is 23.1 Å². The van der Waals surface area contributed by atoms with E-state index in [0.717, 1.165) is 6.42 Å². The fourth-order valence-electron chi connectivity index (χ4n) is 1.05. The Hall–Kier alpha value is -1.42. The maximum absolute atomic E-state index is 10.6. The van der Waals surface area contributed by atoms with Gasteiger partial charge in [-0.2, -0.15) is 0 Å². The number of amides is 2. The van der Waals surface area contributed by atoms with Crippen molar-refractivity contribution < 1.29 is 9.53 Å². The maximum Gasteiger partial charge on any atom is 0.316 e. The summed E-state index contributed by atoms with van der Waals surface area (Å²) in [5.74, 6) is 0.605. The van der Waals surface area contributed by atoms with Crippen LogP contribution < -0.4 is 15.8 Å². The van der Waals surface area contributed by atoms with E-state index < -0.39 is 6.03 Å². The molecule has 0 saturated heterocycles. The number of anilines is 1. The van der Waals surface area contributed by atoms with E-state index in [1.165, 1.54) is 0 Å². The Kier molecular flexibility index (Phi) is 4.24. The molecule has 1 aromatic carbocycles. The summed E-state index contributed by atoms with van der Waals surface area (Å²) in [7, 11) is 0. The standard InChI is InChI=1S/C10H13ClN2O2/c1-2-5-15-9-4-3-7(6-8(9)11)13-10(12)14/h3-4,6H,2,5H2,1H3,(H3,12,13,14). The molecule has 1 aromatic rings. The normalized spacial score (nSPS) is 9.73. The molecule has 0 aliphatic rings. The fourth-order valence-corrected chi connectivity index (χ4v) is 1.29. The molecule has 0 saturated carbocycles. The molecule has 0 unspecified atom stereocenters. The van der Waals surface area contributed by atoms with Gasteiger partial charge in [0.1, 0.15) is 5.75 Å². The molecule has 0 radical (unpaired) electrons. The van der Waals surface area contributed by atoms with E-state index in [4.69, 9.17) is 22.1 Å². The van der Waals surface area contributed by atoms with E-state index in [1.54, 1.807) is 18.2 Å². The molecule has 0 fully saturated rings. The zero-order chi connectivity index (χ0) is 11.3. The Morgan fingerprint density at radius 1 is 1.60 bits per heavy atom. The lowest BCUT2D eigenvalue weighted by molar-refractivity contribution is 0.259. The summed E-state index contributed by atoms with van der Waals surface area (Å²) < 4.78 is 5.37. The van der Waals surface area contributed by atoms with Crippen LogP contribution in [-0.2, 0) is 0 Å². The van der Waals surface area contributed by atoms with Gasteiger partial charge in [-0.1, -0.05) is 18.5 Å². The minimum atomic E-state index is -0.617. The Bertz CT molecular complexity index is 355. The third-order valence-electron chi connectivity index (χ3n) is 1.66. The highest BCUT2D eigenvalue weighted by atomic mass is 35.5. The number of urea groups is 1. The topological polar surface area (TPSA) is 64.3 Å². The van der Waals surface area contributed by atoms with Crippen LogP contribution in [0.2, 0.25) is 5.02 Å². The van der Waals surface area contributed by atoms with Crippen molar-refractivity contribution in [2.75, 3.05) is 11.9 Å². The number of carbonyl (C=O) groups is 1. The van der Waals surface area contributed by atoms with Crippen LogP contribution in [0.1, 0.15) is 13.3 Å². The third-order valence-corrected chi connectivity index (χ3v) is 1.96. The van der Waals surface area contributed by atoms with E-state index in [-0.39, 0.29) is 0 Å². The van der Waals surface area contributed by atoms with Crippen molar-refractivity contribution in [3.63, 3.8) is 0 Å². The Morgan fingerprint density at radius 2 is 2.33 bits per heavy atom. The first-order valence-electron chi connectivity index (χ1n) is 4.62. The van der Waals surface area contributed by atoms with Crippen molar-refractivity contribution in [2.24, 2.45) is 5.73 Å². The quantitative estimate of drug-likeness (QED) is 0.832. The van der Waals surface area contributed by atoms with Gasteiger partial charge in [-0.3, -0.25) is 0 Å². The van der Waals surface area contributed by atoms with Gasteiger partial charge in [0.25, 0.3) is 0 Å². The molecule has 2 amide bonds. The van der Waals surface area contributed by atoms with E-state index in [1.807, 2.05) is 6.92 Å². The predicted molar refractivity (Wildman–Crippen MR) is 60.4 cm³/mol. The molecule has 0 aliphatic carbocycles. The molecule has 0 bridgehead atoms. The summed E-state index contributed by atoms with van der Waals surface area (Å²) >= 11 is 5.93. The monoisotopic (exact) mass is 228 g/mol. The van der Waals surface area contributed by atoms with Gasteiger partial charge in [-0.25, -0.2) is 4.79 Å². The number of benzene rings is 1. The van der Waals surface area contributed by atoms with Gasteiger partial charge < -0.3 is 15.8 Å². The van der Waals surface area contributed by atoms with Gasteiger partial charge in [-0.15, -0.1) is 0 Å². The SMILES string of the molecule is CCCOc1ccc(NC(N)=O)cc1Cl. The molecular weight excluding hydrogens is 216 g/mol. The van der Waals surface area contributed by atoms with E-state index in [9.17, 15) is 4.79 Å². The summed E-state index contributed by atoms with van der Waals surface area (Å²) in [6.07, 6.45) is 0.914. The van der Waals surface area contributed by atoms with Crippen LogP contribution in [0.15, 0.2) is 18.2 Å². The molecule has 0 atom stereocenters. The molecular formula is C10H13ClN2O2. The minimum absolute atomic E-state index is 0.453. The van der Waals surface area contributed by atoms with Crippen molar-refractivity contribution in [1.82, 2.24) is 0 Å². The smallest absolute Gasteiger partial charge is 0.316 e. The highest BCUT2D eigenvalue weighted by Gasteiger charge is 2.03. The van der Waals surface area contributed by atoms with Gasteiger partial charge in [0.2, 0.25) is 0 Å². The van der Waals surface area contributed by atoms with Crippen LogP contribution in [0.25, 0.3) is 0 Å². The van der Waals surface area contributed by atoms with Gasteiger partial charge in [0, 0.05) is 5.69 Å². The third kappa shape index (κ3) is 3.67. The van der Waals surface area contributed by atoms with E-state index in [2.05, 4.69) is 5.32 Å². The van der Waals surface area contributed by atoms with Crippen molar-refractivity contribution in [3.05, 3.63) is 23.2 Å². The van der Waals surface area contributed by atoms with Crippen LogP contribution in [0, 0.1) is 0 Å². The predicted octanol–water partition coefficient (Wildman–Crippen LogP) is 2.62. The van der Waals surface area contributed by atoms with E-state index >= 15 is 0 Å². The molecule has 0 aromatic heterocycles. The largest absolute Gasteiger partial charge is 0.492 e. The second-order valence-electron chi connectivity index (χ2n) is 2.98. The lowest BCUT2D eigenvalue weighted by atomic mass is 10.3. The highest BCUT2D eigenvalue weighted by Crippen LogP contribution is 2.27. The molecule has 4 nitrogen and oxygen atoms in total. The summed E-state index contributed by atoms with van der Waals surface area (Å²) in [6, 6.07) is 4.36. The molecule has 0 aliphatic heterocycles. The maximum atomic E-state index is 10.6. The second kappa shape index (κ2) is 5.46. The summed E-state index contributed by atoms with van der Waals surface area (Å²) in [5.41, 5.74) is 5.52. The van der Waals surface area contributed by atoms with Crippen LogP contribution in [0.5, 0.6) is 5.75 Å². The molecule has 82 valence electrons. The zero-order valence-corrected chi connectivity index (χ0v) is 9.17. The first-order valence-corrected chi connectivity index (χ1v) is 5.00. The zero-order valence-electron chi connectivity index (χ0n) is 8.42. The van der Waals surface area contributed by atoms with Crippen molar-refractivity contribution in [1.29, 1.82) is 0 Å². The second-order valence-corrected chi connectivity index (χ2v) is 3.39. The van der Waals surface area contributed by atoms with Crippen LogP contribution in [-0.4, -0.2) is 12.6 Å². The number of hydrogen-bond donors (Lipinski definition) is 2. The number of rotatable bonds is 4. The number of carbonyl (C=O) groups excluding carboxylic acids is 1. The molecule has 1 rings (SSSR count). The van der Waals surface area contributed by atoms with Crippen molar-refractivity contribution >= 4 is 23.3 Å². The van der Waals surface area contributed by atoms with Crippen LogP contribution in [0.3, 0.4) is 0 Å². The Labute approximate surface area is 93.4 Å². The van der Waals surface area contributed by atoms with Gasteiger partial charge in [0.15, 0.2) is 0 Å². The molecule has 0 heterocycles. The lowest BCUT2D eigenvalue weighted by Gasteiger charge is -2.08. The fraction of sp³-hybridized carbons (Fsp3) is 0.300. The van der Waals surface area contributed by atoms with Gasteiger partial charge >= 0.3 is 6.03 Å². The van der Waals surface area contributed by atoms with Gasteiger partial charge in [-0.05, 0) is 24.6 Å². The van der Waals surface area contributed by atoms with Gasteiger partial charge in [0.05, 0.1) is 11.6 Å². The molecule has 3 N–H and O–H groups in total.